The van der Waals surface area contributed by atoms with Crippen molar-refractivity contribution >= 4 is 28.8 Å². The molecule has 0 unspecified atom stereocenters. The van der Waals surface area contributed by atoms with Crippen LogP contribution in [0.2, 0.25) is 0 Å². The fourth-order valence-corrected chi connectivity index (χ4v) is 3.78. The third-order valence-corrected chi connectivity index (χ3v) is 5.59. The van der Waals surface area contributed by atoms with E-state index in [9.17, 15) is 14.0 Å². The standard InChI is InChI=1S/C27H25FN2O3/c1-3-4-5-18-6-14-22(15-7-18)30-26(31)24(19-8-16-23(33-2)17-9-19)25(27(30)32)29-21-12-10-20(28)11-13-21/h6-17,29H,3-5H2,1-2H3. The van der Waals surface area contributed by atoms with Gasteiger partial charge in [-0.15, -0.1) is 0 Å². The van der Waals surface area contributed by atoms with Crippen molar-refractivity contribution in [2.24, 2.45) is 0 Å². The van der Waals surface area contributed by atoms with Gasteiger partial charge in [0.25, 0.3) is 11.8 Å². The largest absolute Gasteiger partial charge is 0.497 e. The second-order valence-corrected chi connectivity index (χ2v) is 7.83. The van der Waals surface area contributed by atoms with Gasteiger partial charge >= 0.3 is 0 Å². The molecule has 5 nitrogen and oxygen atoms in total. The van der Waals surface area contributed by atoms with Gasteiger partial charge in [0.2, 0.25) is 0 Å². The van der Waals surface area contributed by atoms with Crippen molar-refractivity contribution in [2.45, 2.75) is 26.2 Å². The Morgan fingerprint density at radius 1 is 0.879 bits per heavy atom. The van der Waals surface area contributed by atoms with Crippen molar-refractivity contribution in [3.8, 4) is 5.75 Å². The number of benzene rings is 3. The minimum atomic E-state index is -0.462. The van der Waals surface area contributed by atoms with E-state index in [0.717, 1.165) is 24.8 Å². The third kappa shape index (κ3) is 4.65. The van der Waals surface area contributed by atoms with Crippen molar-refractivity contribution in [1.29, 1.82) is 0 Å². The fraction of sp³-hybridized carbons (Fsp3) is 0.185. The highest BCUT2D eigenvalue weighted by atomic mass is 19.1. The summed E-state index contributed by atoms with van der Waals surface area (Å²) < 4.78 is 18.6. The quantitative estimate of drug-likeness (QED) is 0.461. The van der Waals surface area contributed by atoms with Crippen LogP contribution in [0.5, 0.6) is 5.75 Å². The lowest BCUT2D eigenvalue weighted by molar-refractivity contribution is -0.120. The molecule has 0 saturated carbocycles. The molecule has 0 aromatic heterocycles. The van der Waals surface area contributed by atoms with Crippen molar-refractivity contribution in [2.75, 3.05) is 17.3 Å². The second-order valence-electron chi connectivity index (χ2n) is 7.83. The first-order valence-electron chi connectivity index (χ1n) is 10.9. The number of rotatable bonds is 8. The van der Waals surface area contributed by atoms with Crippen molar-refractivity contribution < 1.29 is 18.7 Å². The van der Waals surface area contributed by atoms with E-state index in [2.05, 4.69) is 12.2 Å². The second kappa shape index (κ2) is 9.69. The molecule has 0 fully saturated rings. The summed E-state index contributed by atoms with van der Waals surface area (Å²) >= 11 is 0. The average molecular weight is 445 g/mol. The highest BCUT2D eigenvalue weighted by molar-refractivity contribution is 6.46. The van der Waals surface area contributed by atoms with Crippen LogP contribution in [0.1, 0.15) is 30.9 Å². The predicted molar refractivity (Wildman–Crippen MR) is 127 cm³/mol. The summed E-state index contributed by atoms with van der Waals surface area (Å²) in [6, 6.07) is 20.1. The van der Waals surface area contributed by atoms with Gasteiger partial charge in [-0.2, -0.15) is 0 Å². The molecule has 6 heteroatoms. The highest BCUT2D eigenvalue weighted by Crippen LogP contribution is 2.34. The van der Waals surface area contributed by atoms with Crippen LogP contribution in [-0.4, -0.2) is 18.9 Å². The lowest BCUT2D eigenvalue weighted by Crippen LogP contribution is -2.32. The Hall–Kier alpha value is -3.93. The number of anilines is 2. The maximum absolute atomic E-state index is 13.5. The Balaban J connectivity index is 1.72. The number of methoxy groups -OCH3 is 1. The smallest absolute Gasteiger partial charge is 0.282 e. The number of nitrogens with one attached hydrogen (secondary N) is 1. The molecule has 0 aliphatic carbocycles. The van der Waals surface area contributed by atoms with E-state index >= 15 is 0 Å². The first-order chi connectivity index (χ1) is 16.0. The van der Waals surface area contributed by atoms with Crippen LogP contribution in [-0.2, 0) is 16.0 Å². The molecule has 0 saturated heterocycles. The van der Waals surface area contributed by atoms with Crippen LogP contribution in [0.15, 0.2) is 78.5 Å². The maximum Gasteiger partial charge on any atom is 0.282 e. The summed E-state index contributed by atoms with van der Waals surface area (Å²) in [6.07, 6.45) is 3.12. The Bertz CT molecular complexity index is 1180. The minimum absolute atomic E-state index is 0.145. The van der Waals surface area contributed by atoms with E-state index in [1.807, 2.05) is 12.1 Å². The lowest BCUT2D eigenvalue weighted by Gasteiger charge is -2.16. The zero-order valence-corrected chi connectivity index (χ0v) is 18.6. The van der Waals surface area contributed by atoms with Gasteiger partial charge in [0.15, 0.2) is 0 Å². The number of unbranched alkanes of at least 4 members (excludes halogenated alkanes) is 1. The van der Waals surface area contributed by atoms with E-state index in [4.69, 9.17) is 4.74 Å². The Labute approximate surface area is 192 Å². The summed E-state index contributed by atoms with van der Waals surface area (Å²) in [5.41, 5.74) is 3.16. The van der Waals surface area contributed by atoms with Gasteiger partial charge in [-0.1, -0.05) is 37.6 Å². The van der Waals surface area contributed by atoms with Gasteiger partial charge in [0.05, 0.1) is 18.4 Å². The van der Waals surface area contributed by atoms with Crippen molar-refractivity contribution in [1.82, 2.24) is 0 Å². The van der Waals surface area contributed by atoms with Gasteiger partial charge in [-0.05, 0) is 72.5 Å². The summed E-state index contributed by atoms with van der Waals surface area (Å²) in [6.45, 7) is 2.14. The first-order valence-corrected chi connectivity index (χ1v) is 10.9. The molecule has 3 aromatic rings. The Kier molecular flexibility index (Phi) is 6.54. The van der Waals surface area contributed by atoms with Gasteiger partial charge in [0, 0.05) is 5.69 Å². The van der Waals surface area contributed by atoms with Gasteiger partial charge in [-0.3, -0.25) is 9.59 Å². The molecule has 0 radical (unpaired) electrons. The molecule has 1 N–H and O–H groups in total. The topological polar surface area (TPSA) is 58.6 Å². The summed E-state index contributed by atoms with van der Waals surface area (Å²) in [5, 5.41) is 3.03. The van der Waals surface area contributed by atoms with Crippen LogP contribution < -0.4 is 15.0 Å². The van der Waals surface area contributed by atoms with Crippen LogP contribution in [0.25, 0.3) is 5.57 Å². The first kappa shape index (κ1) is 22.3. The van der Waals surface area contributed by atoms with E-state index in [-0.39, 0.29) is 17.1 Å². The summed E-state index contributed by atoms with van der Waals surface area (Å²) in [7, 11) is 1.56. The number of carbonyl (C=O) groups excluding carboxylic acids is 2. The van der Waals surface area contributed by atoms with Gasteiger partial charge in [-0.25, -0.2) is 9.29 Å². The fourth-order valence-electron chi connectivity index (χ4n) is 3.78. The molecule has 0 spiro atoms. The average Bonchev–Trinajstić information content (AvgIpc) is 3.08. The highest BCUT2D eigenvalue weighted by Gasteiger charge is 2.40. The molecular formula is C27H25FN2O3. The van der Waals surface area contributed by atoms with Crippen LogP contribution in [0.3, 0.4) is 0 Å². The van der Waals surface area contributed by atoms with Gasteiger partial charge < -0.3 is 10.1 Å². The van der Waals surface area contributed by atoms with Gasteiger partial charge in [0.1, 0.15) is 17.3 Å². The molecule has 1 heterocycles. The minimum Gasteiger partial charge on any atom is -0.497 e. The number of ether oxygens (including phenoxy) is 1. The molecule has 0 atom stereocenters. The molecule has 1 aliphatic heterocycles. The number of amides is 2. The van der Waals surface area contributed by atoms with Crippen molar-refractivity contribution in [3.05, 3.63) is 95.4 Å². The molecule has 3 aromatic carbocycles. The number of hydrogen-bond acceptors (Lipinski definition) is 4. The molecule has 2 amide bonds. The monoisotopic (exact) mass is 444 g/mol. The molecular weight excluding hydrogens is 419 g/mol. The summed E-state index contributed by atoms with van der Waals surface area (Å²) in [5.74, 6) is -0.625. The number of hydrogen-bond donors (Lipinski definition) is 1. The molecule has 4 rings (SSSR count). The Morgan fingerprint density at radius 3 is 2.15 bits per heavy atom. The number of carbonyl (C=O) groups is 2. The molecule has 33 heavy (non-hydrogen) atoms. The zero-order valence-electron chi connectivity index (χ0n) is 18.6. The Morgan fingerprint density at radius 2 is 1.55 bits per heavy atom. The van der Waals surface area contributed by atoms with E-state index in [1.54, 1.807) is 43.5 Å². The normalized spacial score (nSPS) is 13.6. The predicted octanol–water partition coefficient (Wildman–Crippen LogP) is 5.57. The van der Waals surface area contributed by atoms with Crippen LogP contribution in [0.4, 0.5) is 15.8 Å². The molecule has 168 valence electrons. The van der Waals surface area contributed by atoms with Crippen LogP contribution >= 0.6 is 0 Å². The van der Waals surface area contributed by atoms with Crippen molar-refractivity contribution in [3.63, 3.8) is 0 Å². The lowest BCUT2D eigenvalue weighted by atomic mass is 10.0. The zero-order chi connectivity index (χ0) is 23.4. The number of imide groups is 1. The van der Waals surface area contributed by atoms with E-state index in [0.29, 0.717) is 22.7 Å². The maximum atomic E-state index is 13.5. The number of aryl methyl sites for hydroxylation is 1. The summed E-state index contributed by atoms with van der Waals surface area (Å²) in [4.78, 5) is 28.1. The SMILES string of the molecule is CCCCc1ccc(N2C(=O)C(Nc3ccc(F)cc3)=C(c3ccc(OC)cc3)C2=O)cc1. The third-order valence-electron chi connectivity index (χ3n) is 5.59. The van der Waals surface area contributed by atoms with E-state index < -0.39 is 11.8 Å². The molecule has 1 aliphatic rings. The number of nitrogens with zero attached hydrogens (tertiary/aromatic N) is 1. The van der Waals surface area contributed by atoms with E-state index in [1.165, 1.54) is 29.2 Å². The number of halogens is 1. The molecule has 0 bridgehead atoms. The van der Waals surface area contributed by atoms with Crippen LogP contribution in [0, 0.1) is 5.82 Å².